The number of piperidine rings is 1. The fraction of sp³-hybridized carbons (Fsp3) is 0.273. The predicted octanol–water partition coefficient (Wildman–Crippen LogP) is 3.22. The Morgan fingerprint density at radius 2 is 2.10 bits per heavy atom. The fourth-order valence-corrected chi connectivity index (χ4v) is 5.38. The standard InChI is InChI=1S/C22H21N7OS/c23-9-15-10-27-29-12-14(7-20(22(15)29)31-19-4-2-1-3-18(19)24)16-11-26-28(13-16)17-5-6-25-21(30)8-17/h1-4,10-13,17,20H,5-8,24H2,(H,25,30)/t17-,20?/m0/s1. The molecule has 9 heteroatoms. The lowest BCUT2D eigenvalue weighted by atomic mass is 9.99. The second kappa shape index (κ2) is 7.96. The molecule has 0 bridgehead atoms. The molecule has 5 rings (SSSR count). The predicted molar refractivity (Wildman–Crippen MR) is 119 cm³/mol. The second-order valence-electron chi connectivity index (χ2n) is 7.71. The van der Waals surface area contributed by atoms with E-state index in [1.807, 2.05) is 47.5 Å². The smallest absolute Gasteiger partial charge is 0.222 e. The number of nitriles is 1. The van der Waals surface area contributed by atoms with Crippen molar-refractivity contribution in [2.24, 2.45) is 0 Å². The topological polar surface area (TPSA) is 115 Å². The Balaban J connectivity index is 1.47. The van der Waals surface area contributed by atoms with E-state index in [0.29, 0.717) is 18.5 Å². The van der Waals surface area contributed by atoms with Crippen molar-refractivity contribution in [3.8, 4) is 6.07 Å². The summed E-state index contributed by atoms with van der Waals surface area (Å²) in [4.78, 5) is 12.7. The molecule has 2 aromatic heterocycles. The number of allylic oxidation sites excluding steroid dienone is 1. The van der Waals surface area contributed by atoms with E-state index in [1.165, 1.54) is 0 Å². The second-order valence-corrected chi connectivity index (χ2v) is 8.95. The Labute approximate surface area is 183 Å². The van der Waals surface area contributed by atoms with Crippen LogP contribution < -0.4 is 11.1 Å². The number of carbonyl (C=O) groups is 1. The lowest BCUT2D eigenvalue weighted by Gasteiger charge is -2.24. The van der Waals surface area contributed by atoms with Crippen LogP contribution in [-0.4, -0.2) is 32.0 Å². The van der Waals surface area contributed by atoms with E-state index in [2.05, 4.69) is 21.6 Å². The van der Waals surface area contributed by atoms with Gasteiger partial charge in [-0.2, -0.15) is 15.5 Å². The number of para-hydroxylation sites is 1. The highest BCUT2D eigenvalue weighted by atomic mass is 32.2. The van der Waals surface area contributed by atoms with Gasteiger partial charge >= 0.3 is 0 Å². The number of benzene rings is 1. The van der Waals surface area contributed by atoms with Crippen LogP contribution in [0.3, 0.4) is 0 Å². The van der Waals surface area contributed by atoms with Crippen LogP contribution in [0.1, 0.15) is 47.4 Å². The largest absolute Gasteiger partial charge is 0.398 e. The lowest BCUT2D eigenvalue weighted by Crippen LogP contribution is -2.34. The maximum atomic E-state index is 11.8. The van der Waals surface area contributed by atoms with Crippen molar-refractivity contribution in [1.29, 1.82) is 5.26 Å². The van der Waals surface area contributed by atoms with Gasteiger partial charge in [0.15, 0.2) is 0 Å². The van der Waals surface area contributed by atoms with Gasteiger partial charge in [0, 0.05) is 41.5 Å². The summed E-state index contributed by atoms with van der Waals surface area (Å²) in [5.74, 6) is 0.0623. The first kappa shape index (κ1) is 19.5. The monoisotopic (exact) mass is 431 g/mol. The minimum Gasteiger partial charge on any atom is -0.398 e. The molecule has 4 heterocycles. The van der Waals surface area contributed by atoms with Gasteiger partial charge in [-0.3, -0.25) is 9.48 Å². The van der Waals surface area contributed by atoms with E-state index in [-0.39, 0.29) is 17.2 Å². The Kier molecular flexibility index (Phi) is 5.00. The first-order valence-electron chi connectivity index (χ1n) is 10.1. The summed E-state index contributed by atoms with van der Waals surface area (Å²) < 4.78 is 3.69. The van der Waals surface area contributed by atoms with Crippen LogP contribution in [0.2, 0.25) is 0 Å². The van der Waals surface area contributed by atoms with E-state index < -0.39 is 0 Å². The molecule has 8 nitrogen and oxygen atoms in total. The number of nitrogens with two attached hydrogens (primary N) is 1. The number of fused-ring (bicyclic) bond motifs is 1. The summed E-state index contributed by atoms with van der Waals surface area (Å²) in [6, 6.07) is 10.1. The van der Waals surface area contributed by atoms with Gasteiger partial charge in [-0.15, -0.1) is 11.8 Å². The van der Waals surface area contributed by atoms with Crippen molar-refractivity contribution < 1.29 is 4.79 Å². The number of nitrogen functional groups attached to an aromatic ring is 1. The highest BCUT2D eigenvalue weighted by Crippen LogP contribution is 2.47. The van der Waals surface area contributed by atoms with E-state index >= 15 is 0 Å². The number of hydrogen-bond donors (Lipinski definition) is 2. The van der Waals surface area contributed by atoms with Crippen molar-refractivity contribution in [3.05, 3.63) is 59.7 Å². The molecule has 156 valence electrons. The molecule has 0 saturated carbocycles. The van der Waals surface area contributed by atoms with Crippen LogP contribution in [0.25, 0.3) is 11.8 Å². The SMILES string of the molecule is N#Cc1cnn2c1C(Sc1ccccc1N)CC(c1cnn([C@H]3CCNC(=O)C3)c1)=C2. The van der Waals surface area contributed by atoms with E-state index in [4.69, 9.17) is 5.73 Å². The Morgan fingerprint density at radius 1 is 1.23 bits per heavy atom. The molecule has 1 saturated heterocycles. The zero-order valence-corrected chi connectivity index (χ0v) is 17.5. The number of nitrogens with one attached hydrogen (secondary N) is 1. The van der Waals surface area contributed by atoms with Gasteiger partial charge in [0.25, 0.3) is 0 Å². The molecular weight excluding hydrogens is 410 g/mol. The molecule has 1 amide bonds. The Bertz CT molecular complexity index is 1220. The maximum Gasteiger partial charge on any atom is 0.222 e. The van der Waals surface area contributed by atoms with Gasteiger partial charge in [0.05, 0.1) is 34.9 Å². The van der Waals surface area contributed by atoms with Crippen LogP contribution in [0.5, 0.6) is 0 Å². The summed E-state index contributed by atoms with van der Waals surface area (Å²) in [6.07, 6.45) is 9.46. The number of aromatic nitrogens is 4. The highest BCUT2D eigenvalue weighted by Gasteiger charge is 2.29. The molecule has 0 spiro atoms. The number of nitrogens with zero attached hydrogens (tertiary/aromatic N) is 5. The zero-order chi connectivity index (χ0) is 21.4. The van der Waals surface area contributed by atoms with Crippen molar-refractivity contribution in [3.63, 3.8) is 0 Å². The van der Waals surface area contributed by atoms with Gasteiger partial charge in [0.1, 0.15) is 6.07 Å². The van der Waals surface area contributed by atoms with Crippen LogP contribution in [-0.2, 0) is 4.79 Å². The Hall–Kier alpha value is -3.51. The van der Waals surface area contributed by atoms with Crippen molar-refractivity contribution in [2.75, 3.05) is 12.3 Å². The van der Waals surface area contributed by atoms with E-state index in [9.17, 15) is 10.1 Å². The van der Waals surface area contributed by atoms with Crippen molar-refractivity contribution in [2.45, 2.75) is 35.4 Å². The molecule has 1 fully saturated rings. The molecular formula is C22H21N7OS. The maximum absolute atomic E-state index is 11.8. The van der Waals surface area contributed by atoms with E-state index in [1.54, 1.807) is 22.6 Å². The van der Waals surface area contributed by atoms with Crippen molar-refractivity contribution >= 4 is 35.1 Å². The third-order valence-corrected chi connectivity index (χ3v) is 7.00. The van der Waals surface area contributed by atoms with Crippen LogP contribution in [0, 0.1) is 11.3 Å². The highest BCUT2D eigenvalue weighted by molar-refractivity contribution is 7.99. The molecule has 31 heavy (non-hydrogen) atoms. The molecule has 2 aliphatic rings. The molecule has 3 N–H and O–H groups in total. The normalized spacial score (nSPS) is 20.5. The number of rotatable bonds is 4. The average molecular weight is 432 g/mol. The average Bonchev–Trinajstić information content (AvgIpc) is 3.42. The van der Waals surface area contributed by atoms with E-state index in [0.717, 1.165) is 40.3 Å². The third-order valence-electron chi connectivity index (χ3n) is 5.70. The quantitative estimate of drug-likeness (QED) is 0.613. The van der Waals surface area contributed by atoms with Crippen molar-refractivity contribution in [1.82, 2.24) is 24.9 Å². The molecule has 2 atom stereocenters. The number of hydrogen-bond acceptors (Lipinski definition) is 6. The van der Waals surface area contributed by atoms with Crippen LogP contribution >= 0.6 is 11.8 Å². The minimum atomic E-state index is -0.00865. The fourth-order valence-electron chi connectivity index (χ4n) is 4.11. The van der Waals surface area contributed by atoms with Gasteiger partial charge in [-0.25, -0.2) is 4.68 Å². The first-order chi connectivity index (χ1) is 15.1. The summed E-state index contributed by atoms with van der Waals surface area (Å²) in [7, 11) is 0. The summed E-state index contributed by atoms with van der Waals surface area (Å²) >= 11 is 1.64. The molecule has 0 aliphatic carbocycles. The zero-order valence-electron chi connectivity index (χ0n) is 16.7. The minimum absolute atomic E-state index is 0.00865. The number of anilines is 1. The van der Waals surface area contributed by atoms with Gasteiger partial charge in [0.2, 0.25) is 5.91 Å². The molecule has 2 aliphatic heterocycles. The first-order valence-corrected chi connectivity index (χ1v) is 11.0. The van der Waals surface area contributed by atoms with Gasteiger partial charge in [-0.1, -0.05) is 12.1 Å². The van der Waals surface area contributed by atoms with Crippen LogP contribution in [0.15, 0.2) is 47.8 Å². The summed E-state index contributed by atoms with van der Waals surface area (Å²) in [5, 5.41) is 21.4. The molecule has 0 radical (unpaired) electrons. The van der Waals surface area contributed by atoms with Crippen LogP contribution in [0.4, 0.5) is 5.69 Å². The summed E-state index contributed by atoms with van der Waals surface area (Å²) in [6.45, 7) is 0.673. The molecule has 1 unspecified atom stereocenters. The van der Waals surface area contributed by atoms with Gasteiger partial charge in [-0.05, 0) is 30.5 Å². The Morgan fingerprint density at radius 3 is 2.90 bits per heavy atom. The summed E-state index contributed by atoms with van der Waals surface area (Å²) in [5.41, 5.74) is 10.4. The lowest BCUT2D eigenvalue weighted by molar-refractivity contribution is -0.123. The number of amides is 1. The van der Waals surface area contributed by atoms with Gasteiger partial charge < -0.3 is 11.1 Å². The number of carbonyl (C=O) groups excluding carboxylic acids is 1. The molecule has 1 aromatic carbocycles. The number of thioether (sulfide) groups is 1. The third kappa shape index (κ3) is 3.70. The molecule has 3 aromatic rings.